The van der Waals surface area contributed by atoms with Crippen LogP contribution in [0.3, 0.4) is 0 Å². The minimum Gasteiger partial charge on any atom is -0.384 e. The monoisotopic (exact) mass is 200 g/mol. The zero-order valence-corrected chi connectivity index (χ0v) is 7.98. The van der Waals surface area contributed by atoms with Gasteiger partial charge in [0.15, 0.2) is 0 Å². The van der Waals surface area contributed by atoms with Crippen molar-refractivity contribution in [3.8, 4) is 0 Å². The van der Waals surface area contributed by atoms with Crippen molar-refractivity contribution < 1.29 is 9.50 Å². The lowest BCUT2D eigenvalue weighted by Crippen LogP contribution is -1.99. The Kier molecular flexibility index (Phi) is 3.07. The molecule has 0 aromatic heterocycles. The number of benzene rings is 1. The van der Waals surface area contributed by atoms with E-state index in [1.807, 2.05) is 0 Å². The largest absolute Gasteiger partial charge is 0.384 e. The van der Waals surface area contributed by atoms with Crippen LogP contribution >= 0.6 is 11.6 Å². The minimum absolute atomic E-state index is 0.0435. The van der Waals surface area contributed by atoms with Gasteiger partial charge in [-0.2, -0.15) is 0 Å². The van der Waals surface area contributed by atoms with E-state index in [9.17, 15) is 9.50 Å². The Balaban J connectivity index is 3.15. The molecule has 0 bridgehead atoms. The lowest BCUT2D eigenvalue weighted by Gasteiger charge is -2.12. The lowest BCUT2D eigenvalue weighted by atomic mass is 10.0. The molecule has 0 aliphatic heterocycles. The molecule has 0 aliphatic rings. The van der Waals surface area contributed by atoms with Crippen molar-refractivity contribution >= 4 is 11.6 Å². The van der Waals surface area contributed by atoms with E-state index < -0.39 is 11.9 Å². The molecule has 1 atom stereocenters. The van der Waals surface area contributed by atoms with E-state index in [2.05, 4.69) is 6.58 Å². The maximum absolute atomic E-state index is 12.9. The average molecular weight is 201 g/mol. The van der Waals surface area contributed by atoms with Gasteiger partial charge in [-0.15, -0.1) is 0 Å². The molecule has 1 unspecified atom stereocenters. The number of hydrogen-bond acceptors (Lipinski definition) is 1. The Morgan fingerprint density at radius 3 is 2.77 bits per heavy atom. The predicted octanol–water partition coefficient (Wildman–Crippen LogP) is 3.09. The fraction of sp³-hybridized carbons (Fsp3) is 0.200. The maximum Gasteiger partial charge on any atom is 0.142 e. The fourth-order valence-corrected chi connectivity index (χ4v) is 1.23. The van der Waals surface area contributed by atoms with Gasteiger partial charge >= 0.3 is 0 Å². The SMILES string of the molecule is C=C(C)C(O)c1cccc(F)c1Cl. The van der Waals surface area contributed by atoms with E-state index in [1.165, 1.54) is 12.1 Å². The van der Waals surface area contributed by atoms with Crippen LogP contribution < -0.4 is 0 Å². The summed E-state index contributed by atoms with van der Waals surface area (Å²) in [6.07, 6.45) is -0.900. The van der Waals surface area contributed by atoms with Crippen LogP contribution in [0.15, 0.2) is 30.4 Å². The number of hydrogen-bond donors (Lipinski definition) is 1. The normalized spacial score (nSPS) is 12.6. The molecule has 0 amide bonds. The molecule has 1 N–H and O–H groups in total. The molecule has 0 heterocycles. The van der Waals surface area contributed by atoms with E-state index in [-0.39, 0.29) is 5.02 Å². The zero-order valence-electron chi connectivity index (χ0n) is 7.22. The van der Waals surface area contributed by atoms with Crippen molar-refractivity contribution in [2.45, 2.75) is 13.0 Å². The first-order chi connectivity index (χ1) is 6.04. The van der Waals surface area contributed by atoms with Crippen molar-refractivity contribution in [3.05, 3.63) is 46.8 Å². The van der Waals surface area contributed by atoms with E-state index >= 15 is 0 Å². The Labute approximate surface area is 81.5 Å². The molecule has 1 rings (SSSR count). The second kappa shape index (κ2) is 3.90. The molecular weight excluding hydrogens is 191 g/mol. The zero-order chi connectivity index (χ0) is 10.0. The summed E-state index contributed by atoms with van der Waals surface area (Å²) in [7, 11) is 0. The molecule has 0 saturated heterocycles. The first-order valence-electron chi connectivity index (χ1n) is 3.81. The third-order valence-corrected chi connectivity index (χ3v) is 2.14. The standard InChI is InChI=1S/C10H10ClFO/c1-6(2)10(13)7-4-3-5-8(12)9(7)11/h3-5,10,13H,1H2,2H3. The first kappa shape index (κ1) is 10.2. The summed E-state index contributed by atoms with van der Waals surface area (Å²) in [6, 6.07) is 4.32. The van der Waals surface area contributed by atoms with Gasteiger partial charge in [0.25, 0.3) is 0 Å². The van der Waals surface area contributed by atoms with E-state index in [0.717, 1.165) is 0 Å². The highest BCUT2D eigenvalue weighted by molar-refractivity contribution is 6.31. The van der Waals surface area contributed by atoms with Crippen molar-refractivity contribution in [1.82, 2.24) is 0 Å². The molecule has 1 aromatic rings. The van der Waals surface area contributed by atoms with Gasteiger partial charge in [0.2, 0.25) is 0 Å². The Hall–Kier alpha value is -0.860. The van der Waals surface area contributed by atoms with E-state index in [0.29, 0.717) is 11.1 Å². The summed E-state index contributed by atoms with van der Waals surface area (Å²) in [5.74, 6) is -0.528. The van der Waals surface area contributed by atoms with Crippen LogP contribution in [-0.4, -0.2) is 5.11 Å². The van der Waals surface area contributed by atoms with E-state index in [1.54, 1.807) is 13.0 Å². The van der Waals surface area contributed by atoms with Gasteiger partial charge < -0.3 is 5.11 Å². The predicted molar refractivity (Wildman–Crippen MR) is 51.2 cm³/mol. The highest BCUT2D eigenvalue weighted by Crippen LogP contribution is 2.28. The van der Waals surface area contributed by atoms with Crippen molar-refractivity contribution in [3.63, 3.8) is 0 Å². The minimum atomic E-state index is -0.900. The summed E-state index contributed by atoms with van der Waals surface area (Å²) in [4.78, 5) is 0. The average Bonchev–Trinajstić information content (AvgIpc) is 2.08. The second-order valence-corrected chi connectivity index (χ2v) is 3.27. The number of halogens is 2. The number of rotatable bonds is 2. The molecule has 13 heavy (non-hydrogen) atoms. The lowest BCUT2D eigenvalue weighted by molar-refractivity contribution is 0.216. The fourth-order valence-electron chi connectivity index (χ4n) is 0.997. The van der Waals surface area contributed by atoms with Crippen LogP contribution in [0.1, 0.15) is 18.6 Å². The summed E-state index contributed by atoms with van der Waals surface area (Å²) in [6.45, 7) is 5.23. The molecular formula is C10H10ClFO. The quantitative estimate of drug-likeness (QED) is 0.728. The van der Waals surface area contributed by atoms with Gasteiger partial charge in [0.1, 0.15) is 11.9 Å². The third-order valence-electron chi connectivity index (χ3n) is 1.74. The van der Waals surface area contributed by atoms with E-state index in [4.69, 9.17) is 11.6 Å². The van der Waals surface area contributed by atoms with Gasteiger partial charge in [-0.25, -0.2) is 4.39 Å². The number of aliphatic hydroxyl groups excluding tert-OH is 1. The van der Waals surface area contributed by atoms with Gasteiger partial charge in [-0.3, -0.25) is 0 Å². The Bertz CT molecular complexity index is 336. The summed E-state index contributed by atoms with van der Waals surface area (Å²) >= 11 is 5.66. The van der Waals surface area contributed by atoms with Crippen molar-refractivity contribution in [2.75, 3.05) is 0 Å². The Morgan fingerprint density at radius 2 is 2.23 bits per heavy atom. The van der Waals surface area contributed by atoms with Crippen LogP contribution in [0.5, 0.6) is 0 Å². The van der Waals surface area contributed by atoms with Crippen LogP contribution in [0.4, 0.5) is 4.39 Å². The molecule has 70 valence electrons. The van der Waals surface area contributed by atoms with Gasteiger partial charge in [-0.05, 0) is 18.6 Å². The van der Waals surface area contributed by atoms with Crippen molar-refractivity contribution in [2.24, 2.45) is 0 Å². The van der Waals surface area contributed by atoms with Crippen LogP contribution in [0.2, 0.25) is 5.02 Å². The number of aliphatic hydroxyl groups is 1. The molecule has 0 aliphatic carbocycles. The molecule has 0 fully saturated rings. The maximum atomic E-state index is 12.9. The topological polar surface area (TPSA) is 20.2 Å². The first-order valence-corrected chi connectivity index (χ1v) is 4.19. The van der Waals surface area contributed by atoms with Gasteiger partial charge in [-0.1, -0.05) is 30.3 Å². The van der Waals surface area contributed by atoms with Crippen LogP contribution in [-0.2, 0) is 0 Å². The summed E-state index contributed by atoms with van der Waals surface area (Å²) in [5, 5.41) is 9.51. The van der Waals surface area contributed by atoms with Crippen LogP contribution in [0, 0.1) is 5.82 Å². The smallest absolute Gasteiger partial charge is 0.142 e. The molecule has 0 radical (unpaired) electrons. The molecule has 1 nitrogen and oxygen atoms in total. The second-order valence-electron chi connectivity index (χ2n) is 2.89. The molecule has 1 aromatic carbocycles. The van der Waals surface area contributed by atoms with Gasteiger partial charge in [0.05, 0.1) is 5.02 Å². The van der Waals surface area contributed by atoms with Crippen LogP contribution in [0.25, 0.3) is 0 Å². The third kappa shape index (κ3) is 2.08. The highest BCUT2D eigenvalue weighted by Gasteiger charge is 2.14. The summed E-state index contributed by atoms with van der Waals surface area (Å²) < 4.78 is 12.9. The molecule has 0 saturated carbocycles. The molecule has 0 spiro atoms. The van der Waals surface area contributed by atoms with Crippen molar-refractivity contribution in [1.29, 1.82) is 0 Å². The summed E-state index contributed by atoms with van der Waals surface area (Å²) in [5.41, 5.74) is 0.890. The molecule has 3 heteroatoms. The Morgan fingerprint density at radius 1 is 1.62 bits per heavy atom. The highest BCUT2D eigenvalue weighted by atomic mass is 35.5. The van der Waals surface area contributed by atoms with Gasteiger partial charge in [0, 0.05) is 5.56 Å².